The largest absolute Gasteiger partial charge is 0.389 e. The van der Waals surface area contributed by atoms with E-state index in [4.69, 9.17) is 0 Å². The zero-order valence-corrected chi connectivity index (χ0v) is 10.4. The Balaban J connectivity index is 1.91. The number of hydrogen-bond donors (Lipinski definition) is 2. The molecule has 0 spiro atoms. The summed E-state index contributed by atoms with van der Waals surface area (Å²) >= 11 is 0. The molecule has 98 valence electrons. The topological polar surface area (TPSA) is 71.9 Å². The van der Waals surface area contributed by atoms with E-state index in [1.807, 2.05) is 39.9 Å². The van der Waals surface area contributed by atoms with E-state index in [1.165, 1.54) is 0 Å². The third-order valence-corrected chi connectivity index (χ3v) is 3.60. The van der Waals surface area contributed by atoms with Gasteiger partial charge in [-0.3, -0.25) is 4.90 Å². The first kappa shape index (κ1) is 12.2. The molecule has 0 amide bonds. The second-order valence-corrected chi connectivity index (χ2v) is 4.96. The number of pyridine rings is 1. The minimum Gasteiger partial charge on any atom is -0.389 e. The van der Waals surface area contributed by atoms with Crippen molar-refractivity contribution >= 4 is 5.52 Å². The van der Waals surface area contributed by atoms with Crippen molar-refractivity contribution < 1.29 is 10.2 Å². The molecule has 1 fully saturated rings. The highest BCUT2D eigenvalue weighted by atomic mass is 16.3. The fraction of sp³-hybridized carbons (Fsp3) is 0.357. The van der Waals surface area contributed by atoms with Gasteiger partial charge in [0, 0.05) is 37.6 Å². The molecule has 5 heteroatoms. The maximum absolute atomic E-state index is 9.55. The van der Waals surface area contributed by atoms with Crippen molar-refractivity contribution in [3.05, 3.63) is 41.7 Å². The van der Waals surface area contributed by atoms with E-state index in [2.05, 4.69) is 6.07 Å². The fourth-order valence-corrected chi connectivity index (χ4v) is 2.64. The summed E-state index contributed by atoms with van der Waals surface area (Å²) in [6, 6.07) is 7.98. The van der Waals surface area contributed by atoms with Crippen molar-refractivity contribution in [2.24, 2.45) is 0 Å². The molecule has 0 aliphatic carbocycles. The predicted octanol–water partition coefficient (Wildman–Crippen LogP) is 0.348. The second-order valence-electron chi connectivity index (χ2n) is 4.96. The van der Waals surface area contributed by atoms with Gasteiger partial charge in [-0.15, -0.1) is 0 Å². The minimum absolute atomic E-state index is 0.443. The van der Waals surface area contributed by atoms with Crippen LogP contribution in [0.2, 0.25) is 0 Å². The molecule has 3 heterocycles. The van der Waals surface area contributed by atoms with Crippen molar-refractivity contribution in [2.75, 3.05) is 13.1 Å². The highest BCUT2D eigenvalue weighted by Gasteiger charge is 2.30. The molecule has 0 radical (unpaired) electrons. The molecule has 5 nitrogen and oxygen atoms in total. The Hall–Kier alpha value is -1.87. The Morgan fingerprint density at radius 3 is 2.68 bits per heavy atom. The van der Waals surface area contributed by atoms with Crippen LogP contribution in [0.25, 0.3) is 5.52 Å². The summed E-state index contributed by atoms with van der Waals surface area (Å²) in [5.41, 5.74) is 2.48. The van der Waals surface area contributed by atoms with Crippen LogP contribution >= 0.6 is 0 Å². The molecule has 1 aliphatic rings. The summed E-state index contributed by atoms with van der Waals surface area (Å²) in [6.45, 7) is 1.45. The molecule has 19 heavy (non-hydrogen) atoms. The Labute approximate surface area is 110 Å². The normalized spacial score (nSPS) is 23.8. The first-order valence-corrected chi connectivity index (χ1v) is 6.26. The Bertz CT molecular complexity index is 634. The van der Waals surface area contributed by atoms with Gasteiger partial charge >= 0.3 is 0 Å². The maximum Gasteiger partial charge on any atom is 0.102 e. The maximum atomic E-state index is 9.55. The number of aromatic nitrogens is 1. The van der Waals surface area contributed by atoms with Gasteiger partial charge in [0.05, 0.1) is 23.3 Å². The summed E-state index contributed by atoms with van der Waals surface area (Å²) in [7, 11) is 0. The highest BCUT2D eigenvalue weighted by molar-refractivity contribution is 5.65. The average Bonchev–Trinajstić information content (AvgIpc) is 2.90. The number of fused-ring (bicyclic) bond motifs is 1. The number of nitrogens with zero attached hydrogens (tertiary/aromatic N) is 3. The van der Waals surface area contributed by atoms with E-state index in [1.54, 1.807) is 0 Å². The van der Waals surface area contributed by atoms with Crippen LogP contribution in [0.3, 0.4) is 0 Å². The summed E-state index contributed by atoms with van der Waals surface area (Å²) in [5.74, 6) is 0. The van der Waals surface area contributed by atoms with Gasteiger partial charge in [0.25, 0.3) is 0 Å². The van der Waals surface area contributed by atoms with Crippen LogP contribution in [0, 0.1) is 11.3 Å². The van der Waals surface area contributed by atoms with Crippen LogP contribution in [0.5, 0.6) is 0 Å². The molecule has 2 aromatic heterocycles. The monoisotopic (exact) mass is 257 g/mol. The van der Waals surface area contributed by atoms with Gasteiger partial charge in [0.1, 0.15) is 6.07 Å². The van der Waals surface area contributed by atoms with Crippen LogP contribution in [-0.4, -0.2) is 44.8 Å². The molecule has 0 bridgehead atoms. The molecule has 3 rings (SSSR count). The van der Waals surface area contributed by atoms with Crippen molar-refractivity contribution in [3.63, 3.8) is 0 Å². The number of rotatable bonds is 2. The standard InChI is InChI=1S/C14H15N3O2/c15-5-11-10(6-16-8-13(18)14(19)9-16)7-17-4-2-1-3-12(11)17/h1-4,7,13-14,18-19H,6,8-9H2/t13-,14+. The van der Waals surface area contributed by atoms with Gasteiger partial charge in [-0.1, -0.05) is 6.07 Å². The molecule has 1 saturated heterocycles. The number of nitriles is 1. The van der Waals surface area contributed by atoms with Gasteiger partial charge < -0.3 is 14.6 Å². The quantitative estimate of drug-likeness (QED) is 0.814. The molecule has 0 aromatic carbocycles. The molecule has 1 aliphatic heterocycles. The van der Waals surface area contributed by atoms with Gasteiger partial charge in [-0.2, -0.15) is 5.26 Å². The van der Waals surface area contributed by atoms with Crippen molar-refractivity contribution in [2.45, 2.75) is 18.8 Å². The van der Waals surface area contributed by atoms with E-state index in [0.717, 1.165) is 11.1 Å². The molecular weight excluding hydrogens is 242 g/mol. The lowest BCUT2D eigenvalue weighted by Crippen LogP contribution is -2.22. The Morgan fingerprint density at radius 2 is 2.00 bits per heavy atom. The van der Waals surface area contributed by atoms with Crippen LogP contribution < -0.4 is 0 Å². The van der Waals surface area contributed by atoms with Crippen LogP contribution in [0.15, 0.2) is 30.6 Å². The lowest BCUT2D eigenvalue weighted by atomic mass is 10.1. The third kappa shape index (κ3) is 2.10. The van der Waals surface area contributed by atoms with Gasteiger partial charge in [0.15, 0.2) is 0 Å². The van der Waals surface area contributed by atoms with E-state index in [-0.39, 0.29) is 0 Å². The number of hydrogen-bond acceptors (Lipinski definition) is 4. The second kappa shape index (κ2) is 4.67. The van der Waals surface area contributed by atoms with E-state index in [0.29, 0.717) is 25.2 Å². The van der Waals surface area contributed by atoms with Crippen LogP contribution in [0.4, 0.5) is 0 Å². The Kier molecular flexibility index (Phi) is 2.99. The minimum atomic E-state index is -0.692. The van der Waals surface area contributed by atoms with Gasteiger partial charge in [-0.25, -0.2) is 0 Å². The fourth-order valence-electron chi connectivity index (χ4n) is 2.64. The average molecular weight is 257 g/mol. The number of aliphatic hydroxyl groups excluding tert-OH is 2. The molecular formula is C14H15N3O2. The summed E-state index contributed by atoms with van der Waals surface area (Å²) in [6.07, 6.45) is 2.46. The van der Waals surface area contributed by atoms with E-state index in [9.17, 15) is 15.5 Å². The lowest BCUT2D eigenvalue weighted by Gasteiger charge is -2.13. The molecule has 0 unspecified atom stereocenters. The van der Waals surface area contributed by atoms with Crippen LogP contribution in [-0.2, 0) is 6.54 Å². The van der Waals surface area contributed by atoms with Crippen molar-refractivity contribution in [1.82, 2.24) is 9.30 Å². The number of aliphatic hydroxyl groups is 2. The smallest absolute Gasteiger partial charge is 0.102 e. The Morgan fingerprint density at radius 1 is 1.26 bits per heavy atom. The number of likely N-dealkylation sites (tertiary alicyclic amines) is 1. The lowest BCUT2D eigenvalue weighted by molar-refractivity contribution is 0.0572. The first-order chi connectivity index (χ1) is 9.19. The van der Waals surface area contributed by atoms with Crippen molar-refractivity contribution in [1.29, 1.82) is 5.26 Å². The summed E-state index contributed by atoms with van der Waals surface area (Å²) in [4.78, 5) is 1.96. The van der Waals surface area contributed by atoms with Gasteiger partial charge in [0.2, 0.25) is 0 Å². The molecule has 2 aromatic rings. The predicted molar refractivity (Wildman–Crippen MR) is 69.4 cm³/mol. The SMILES string of the molecule is N#Cc1c(CN2C[C@@H](O)[C@@H](O)C2)cn2ccccc12. The summed E-state index contributed by atoms with van der Waals surface area (Å²) in [5, 5.41) is 28.4. The highest BCUT2D eigenvalue weighted by Crippen LogP contribution is 2.21. The van der Waals surface area contributed by atoms with Gasteiger partial charge in [-0.05, 0) is 12.1 Å². The zero-order valence-electron chi connectivity index (χ0n) is 10.4. The molecule has 2 N–H and O–H groups in total. The summed E-state index contributed by atoms with van der Waals surface area (Å²) < 4.78 is 1.93. The zero-order chi connectivity index (χ0) is 13.4. The number of β-amino-alcohol motifs (C(OH)–C–C–N with tert-alkyl or cyclic N) is 2. The van der Waals surface area contributed by atoms with Crippen molar-refractivity contribution in [3.8, 4) is 6.07 Å². The molecule has 2 atom stereocenters. The van der Waals surface area contributed by atoms with E-state index >= 15 is 0 Å². The van der Waals surface area contributed by atoms with E-state index < -0.39 is 12.2 Å². The molecule has 0 saturated carbocycles. The first-order valence-electron chi connectivity index (χ1n) is 6.26. The van der Waals surface area contributed by atoms with Crippen LogP contribution in [0.1, 0.15) is 11.1 Å². The third-order valence-electron chi connectivity index (χ3n) is 3.60.